The Morgan fingerprint density at radius 3 is 2.60 bits per heavy atom. The van der Waals surface area contributed by atoms with Crippen LogP contribution in [0, 0.1) is 11.3 Å². The zero-order valence-electron chi connectivity index (χ0n) is 15.7. The lowest BCUT2D eigenvalue weighted by Gasteiger charge is -2.15. The lowest BCUT2D eigenvalue weighted by atomic mass is 10.1. The van der Waals surface area contributed by atoms with Crippen molar-refractivity contribution in [3.05, 3.63) is 70.6 Å². The first-order valence-electron chi connectivity index (χ1n) is 8.83. The Hall–Kier alpha value is -2.83. The standard InChI is InChI=1S/C21H16F3N3OS2/c1-13(14-6-3-2-4-7-14)26-19(28)12-30-20-15(11-25)16(21(22,23)24)10-17(27-20)18-8-5-9-29-18/h2-10,13H,12H2,1H3,(H,26,28)/t13-/m1/s1. The largest absolute Gasteiger partial charge is 0.417 e. The Labute approximate surface area is 179 Å². The average Bonchev–Trinajstić information content (AvgIpc) is 3.26. The van der Waals surface area contributed by atoms with Crippen LogP contribution in [0.3, 0.4) is 0 Å². The molecule has 2 aromatic heterocycles. The SMILES string of the molecule is C[C@@H](NC(=O)CSc1nc(-c2cccs2)cc(C(F)(F)F)c1C#N)c1ccccc1. The fraction of sp³-hybridized carbons (Fsp3) is 0.190. The predicted octanol–water partition coefficient (Wildman–Crippen LogP) is 5.67. The van der Waals surface area contributed by atoms with Crippen molar-refractivity contribution in [2.75, 3.05) is 5.75 Å². The number of thiophene rings is 1. The molecule has 0 saturated carbocycles. The molecule has 0 bridgehead atoms. The van der Waals surface area contributed by atoms with E-state index < -0.39 is 17.3 Å². The Balaban J connectivity index is 1.83. The highest BCUT2D eigenvalue weighted by Gasteiger charge is 2.36. The van der Waals surface area contributed by atoms with E-state index in [-0.39, 0.29) is 28.4 Å². The highest BCUT2D eigenvalue weighted by atomic mass is 32.2. The van der Waals surface area contributed by atoms with Gasteiger partial charge in [0.2, 0.25) is 5.91 Å². The van der Waals surface area contributed by atoms with Crippen LogP contribution in [0.5, 0.6) is 0 Å². The van der Waals surface area contributed by atoms with Crippen molar-refractivity contribution in [1.82, 2.24) is 10.3 Å². The van der Waals surface area contributed by atoms with Crippen molar-refractivity contribution in [2.24, 2.45) is 0 Å². The highest BCUT2D eigenvalue weighted by molar-refractivity contribution is 8.00. The van der Waals surface area contributed by atoms with E-state index in [9.17, 15) is 23.2 Å². The Morgan fingerprint density at radius 1 is 1.27 bits per heavy atom. The molecule has 3 aromatic rings. The number of aromatic nitrogens is 1. The molecule has 2 heterocycles. The molecule has 1 atom stereocenters. The number of benzene rings is 1. The van der Waals surface area contributed by atoms with Gasteiger partial charge in [0.1, 0.15) is 11.1 Å². The zero-order chi connectivity index (χ0) is 21.7. The van der Waals surface area contributed by atoms with Crippen LogP contribution in [0.25, 0.3) is 10.6 Å². The maximum Gasteiger partial charge on any atom is 0.417 e. The number of pyridine rings is 1. The third-order valence-electron chi connectivity index (χ3n) is 4.19. The number of hydrogen-bond donors (Lipinski definition) is 1. The van der Waals surface area contributed by atoms with Crippen LogP contribution < -0.4 is 5.32 Å². The minimum atomic E-state index is -4.71. The van der Waals surface area contributed by atoms with Crippen LogP contribution in [0.2, 0.25) is 0 Å². The summed E-state index contributed by atoms with van der Waals surface area (Å²) < 4.78 is 40.6. The maximum atomic E-state index is 13.5. The van der Waals surface area contributed by atoms with Gasteiger partial charge in [-0.2, -0.15) is 18.4 Å². The van der Waals surface area contributed by atoms with Gasteiger partial charge < -0.3 is 5.32 Å². The van der Waals surface area contributed by atoms with Gasteiger partial charge >= 0.3 is 6.18 Å². The summed E-state index contributed by atoms with van der Waals surface area (Å²) in [7, 11) is 0. The van der Waals surface area contributed by atoms with Crippen LogP contribution in [-0.2, 0) is 11.0 Å². The number of thioether (sulfide) groups is 1. The van der Waals surface area contributed by atoms with Gasteiger partial charge in [-0.3, -0.25) is 4.79 Å². The molecule has 4 nitrogen and oxygen atoms in total. The average molecular weight is 448 g/mol. The molecule has 0 unspecified atom stereocenters. The van der Waals surface area contributed by atoms with Crippen LogP contribution in [0.4, 0.5) is 13.2 Å². The first-order valence-corrected chi connectivity index (χ1v) is 10.7. The summed E-state index contributed by atoms with van der Waals surface area (Å²) in [6, 6.07) is 14.9. The predicted molar refractivity (Wildman–Crippen MR) is 111 cm³/mol. The monoisotopic (exact) mass is 447 g/mol. The van der Waals surface area contributed by atoms with Gasteiger partial charge in [-0.25, -0.2) is 4.98 Å². The minimum Gasteiger partial charge on any atom is -0.349 e. The zero-order valence-corrected chi connectivity index (χ0v) is 17.4. The molecule has 0 aliphatic heterocycles. The van der Waals surface area contributed by atoms with Gasteiger partial charge in [-0.15, -0.1) is 11.3 Å². The maximum absolute atomic E-state index is 13.5. The van der Waals surface area contributed by atoms with Crippen molar-refractivity contribution in [2.45, 2.75) is 24.2 Å². The van der Waals surface area contributed by atoms with E-state index in [4.69, 9.17) is 0 Å². The Morgan fingerprint density at radius 2 is 2.00 bits per heavy atom. The molecular weight excluding hydrogens is 431 g/mol. The van der Waals surface area contributed by atoms with Gasteiger partial charge in [0.05, 0.1) is 33.5 Å². The van der Waals surface area contributed by atoms with Crippen molar-refractivity contribution >= 4 is 29.0 Å². The number of alkyl halides is 3. The number of amides is 1. The second kappa shape index (κ2) is 9.32. The van der Waals surface area contributed by atoms with Crippen molar-refractivity contribution in [3.8, 4) is 16.6 Å². The van der Waals surface area contributed by atoms with Gasteiger partial charge in [-0.05, 0) is 30.0 Å². The molecule has 0 aliphatic rings. The summed E-state index contributed by atoms with van der Waals surface area (Å²) in [5.41, 5.74) is -0.594. The number of nitrogens with one attached hydrogen (secondary N) is 1. The van der Waals surface area contributed by atoms with Crippen molar-refractivity contribution < 1.29 is 18.0 Å². The lowest BCUT2D eigenvalue weighted by Crippen LogP contribution is -2.28. The highest BCUT2D eigenvalue weighted by Crippen LogP contribution is 2.38. The van der Waals surface area contributed by atoms with Gasteiger partial charge in [0.15, 0.2) is 0 Å². The Bertz CT molecular complexity index is 1060. The van der Waals surface area contributed by atoms with E-state index in [1.165, 1.54) is 11.3 Å². The number of nitriles is 1. The van der Waals surface area contributed by atoms with Gasteiger partial charge in [-0.1, -0.05) is 48.2 Å². The number of nitrogens with zero attached hydrogens (tertiary/aromatic N) is 2. The number of carbonyl (C=O) groups excluding carboxylic acids is 1. The molecule has 1 amide bonds. The smallest absolute Gasteiger partial charge is 0.349 e. The summed E-state index contributed by atoms with van der Waals surface area (Å²) in [6.45, 7) is 1.82. The van der Waals surface area contributed by atoms with E-state index >= 15 is 0 Å². The van der Waals surface area contributed by atoms with Gasteiger partial charge in [0, 0.05) is 0 Å². The van der Waals surface area contributed by atoms with Crippen molar-refractivity contribution in [3.63, 3.8) is 0 Å². The van der Waals surface area contributed by atoms with E-state index in [1.54, 1.807) is 23.6 Å². The van der Waals surface area contributed by atoms with Crippen LogP contribution in [0.1, 0.15) is 29.7 Å². The van der Waals surface area contributed by atoms with Crippen LogP contribution in [-0.4, -0.2) is 16.6 Å². The molecule has 1 aromatic carbocycles. The lowest BCUT2D eigenvalue weighted by molar-refractivity contribution is -0.138. The first-order chi connectivity index (χ1) is 14.3. The van der Waals surface area contributed by atoms with Gasteiger partial charge in [0.25, 0.3) is 0 Å². The fourth-order valence-corrected chi connectivity index (χ4v) is 4.25. The number of hydrogen-bond acceptors (Lipinski definition) is 5. The molecule has 30 heavy (non-hydrogen) atoms. The molecule has 3 rings (SSSR count). The summed E-state index contributed by atoms with van der Waals surface area (Å²) in [6.07, 6.45) is -4.71. The summed E-state index contributed by atoms with van der Waals surface area (Å²) >= 11 is 2.06. The first kappa shape index (κ1) is 21.9. The summed E-state index contributed by atoms with van der Waals surface area (Å²) in [4.78, 5) is 17.1. The summed E-state index contributed by atoms with van der Waals surface area (Å²) in [5, 5.41) is 13.8. The molecule has 0 radical (unpaired) electrons. The Kier molecular flexibility index (Phi) is 6.80. The number of carbonyl (C=O) groups is 1. The molecule has 1 N–H and O–H groups in total. The fourth-order valence-electron chi connectivity index (χ4n) is 2.75. The molecule has 0 spiro atoms. The minimum absolute atomic E-state index is 0.113. The second-order valence-corrected chi connectivity index (χ2v) is 8.22. The van der Waals surface area contributed by atoms with Crippen LogP contribution in [0.15, 0.2) is 58.9 Å². The summed E-state index contributed by atoms with van der Waals surface area (Å²) in [5.74, 6) is -0.526. The molecule has 9 heteroatoms. The molecule has 0 fully saturated rings. The van der Waals surface area contributed by atoms with Crippen LogP contribution >= 0.6 is 23.1 Å². The molecule has 154 valence electrons. The molecular formula is C21H16F3N3OS2. The second-order valence-electron chi connectivity index (χ2n) is 6.31. The van der Waals surface area contributed by atoms with E-state index in [2.05, 4.69) is 10.3 Å². The van der Waals surface area contributed by atoms with Crippen molar-refractivity contribution in [1.29, 1.82) is 5.26 Å². The normalized spacial score (nSPS) is 12.2. The molecule has 0 aliphatic carbocycles. The number of rotatable bonds is 6. The van der Waals surface area contributed by atoms with E-state index in [1.807, 2.05) is 37.3 Å². The third kappa shape index (κ3) is 5.20. The number of halogens is 3. The topological polar surface area (TPSA) is 65.8 Å². The van der Waals surface area contributed by atoms with E-state index in [0.717, 1.165) is 23.4 Å². The van der Waals surface area contributed by atoms with E-state index in [0.29, 0.717) is 4.88 Å². The third-order valence-corrected chi connectivity index (χ3v) is 6.06. The molecule has 0 saturated heterocycles. The quantitative estimate of drug-likeness (QED) is 0.495.